The first-order chi connectivity index (χ1) is 15.2. The van der Waals surface area contributed by atoms with Crippen molar-refractivity contribution in [1.82, 2.24) is 15.3 Å². The maximum Gasteiger partial charge on any atom is 0.418 e. The van der Waals surface area contributed by atoms with Crippen LogP contribution in [0.2, 0.25) is 0 Å². The number of nitrogens with one attached hydrogen (secondary N) is 2. The highest BCUT2D eigenvalue weighted by Gasteiger charge is 2.34. The highest BCUT2D eigenvalue weighted by molar-refractivity contribution is 5.97. The Kier molecular flexibility index (Phi) is 7.37. The highest BCUT2D eigenvalue weighted by atomic mass is 19.4. The molecule has 32 heavy (non-hydrogen) atoms. The summed E-state index contributed by atoms with van der Waals surface area (Å²) in [6.07, 6.45) is 1.74. The van der Waals surface area contributed by atoms with E-state index in [9.17, 15) is 22.8 Å². The van der Waals surface area contributed by atoms with Crippen molar-refractivity contribution in [2.45, 2.75) is 64.6 Å². The molecular weight excluding hydrogens is 421 g/mol. The average Bonchev–Trinajstić information content (AvgIpc) is 3.01. The van der Waals surface area contributed by atoms with Crippen LogP contribution in [0.25, 0.3) is 5.69 Å². The number of halogens is 3. The Balaban J connectivity index is 1.65. The first kappa shape index (κ1) is 23.6. The Labute approximate surface area is 184 Å². The fraction of sp³-hybridized carbons (Fsp3) is 0.435. The van der Waals surface area contributed by atoms with Crippen LogP contribution in [0.4, 0.5) is 13.2 Å². The number of rotatable bonds is 6. The molecule has 6 nitrogen and oxygen atoms in total. The molecule has 0 unspecified atom stereocenters. The Hall–Kier alpha value is -3.10. The molecule has 0 saturated heterocycles. The molecule has 0 spiro atoms. The molecule has 172 valence electrons. The van der Waals surface area contributed by atoms with Gasteiger partial charge < -0.3 is 9.88 Å². The fourth-order valence-corrected chi connectivity index (χ4v) is 4.08. The van der Waals surface area contributed by atoms with E-state index >= 15 is 0 Å². The van der Waals surface area contributed by atoms with Gasteiger partial charge in [0.1, 0.15) is 6.42 Å². The van der Waals surface area contributed by atoms with E-state index in [0.717, 1.165) is 31.7 Å². The van der Waals surface area contributed by atoms with E-state index in [2.05, 4.69) is 15.8 Å². The van der Waals surface area contributed by atoms with E-state index in [4.69, 9.17) is 0 Å². The minimum Gasteiger partial charge on any atom is -0.353 e. The van der Waals surface area contributed by atoms with E-state index in [-0.39, 0.29) is 24.1 Å². The average molecular weight is 448 g/mol. The summed E-state index contributed by atoms with van der Waals surface area (Å²) < 4.78 is 41.8. The second-order valence-corrected chi connectivity index (χ2v) is 8.05. The molecule has 2 N–H and O–H groups in total. The van der Waals surface area contributed by atoms with Crippen LogP contribution in [0.3, 0.4) is 0 Å². The number of nitrogens with zero attached hydrogens (tertiary/aromatic N) is 2. The molecule has 3 rings (SSSR count). The van der Waals surface area contributed by atoms with Gasteiger partial charge in [-0.1, -0.05) is 31.4 Å². The molecule has 0 radical (unpaired) electrons. The monoisotopic (exact) mass is 448 g/mol. The van der Waals surface area contributed by atoms with Crippen LogP contribution in [0, 0.1) is 13.8 Å². The van der Waals surface area contributed by atoms with Crippen molar-refractivity contribution in [3.05, 3.63) is 52.8 Å². The predicted octanol–water partition coefficient (Wildman–Crippen LogP) is 4.40. The van der Waals surface area contributed by atoms with Crippen LogP contribution in [0.15, 0.2) is 35.4 Å². The van der Waals surface area contributed by atoms with Crippen LogP contribution in [-0.2, 0) is 15.8 Å². The Bertz CT molecular complexity index is 1010. The van der Waals surface area contributed by atoms with Crippen molar-refractivity contribution in [3.8, 4) is 5.69 Å². The van der Waals surface area contributed by atoms with Gasteiger partial charge >= 0.3 is 6.18 Å². The number of alkyl halides is 3. The number of carbonyl (C=O) groups excluding carboxylic acids is 2. The number of carbonyl (C=O) groups is 2. The molecule has 1 aromatic heterocycles. The molecule has 1 saturated carbocycles. The number of benzene rings is 1. The molecule has 1 aliphatic rings. The molecule has 1 fully saturated rings. The first-order valence-electron chi connectivity index (χ1n) is 10.6. The van der Waals surface area contributed by atoms with Crippen molar-refractivity contribution in [2.75, 3.05) is 0 Å². The number of amides is 2. The summed E-state index contributed by atoms with van der Waals surface area (Å²) in [6.45, 7) is 3.38. The quantitative estimate of drug-likeness (QED) is 0.390. The zero-order valence-corrected chi connectivity index (χ0v) is 18.1. The smallest absolute Gasteiger partial charge is 0.353 e. The molecule has 9 heteroatoms. The second-order valence-electron chi connectivity index (χ2n) is 8.05. The lowest BCUT2D eigenvalue weighted by Gasteiger charge is -2.22. The maximum atomic E-state index is 13.4. The van der Waals surface area contributed by atoms with E-state index in [1.54, 1.807) is 26.0 Å². The Morgan fingerprint density at radius 2 is 1.81 bits per heavy atom. The number of para-hydroxylation sites is 1. The van der Waals surface area contributed by atoms with Gasteiger partial charge in [0.15, 0.2) is 0 Å². The molecule has 1 aromatic carbocycles. The minimum absolute atomic E-state index is 0.0260. The second kappa shape index (κ2) is 10.0. The van der Waals surface area contributed by atoms with Crippen LogP contribution in [-0.4, -0.2) is 28.6 Å². The SMILES string of the molecule is Cc1cc(/C=N/NC(=O)CC(=O)NC2CCCCC2)c(C)n1-c1ccccc1C(F)(F)F. The summed E-state index contributed by atoms with van der Waals surface area (Å²) in [5, 5.41) is 6.75. The lowest BCUT2D eigenvalue weighted by molar-refractivity contribution is -0.137. The largest absolute Gasteiger partial charge is 0.418 e. The third kappa shape index (κ3) is 5.77. The van der Waals surface area contributed by atoms with Gasteiger partial charge in [0.05, 0.1) is 17.5 Å². The van der Waals surface area contributed by atoms with Gasteiger partial charge in [0, 0.05) is 23.0 Å². The number of aromatic nitrogens is 1. The third-order valence-corrected chi connectivity index (χ3v) is 5.60. The molecule has 1 heterocycles. The van der Waals surface area contributed by atoms with Crippen molar-refractivity contribution >= 4 is 18.0 Å². The number of hydrogen-bond acceptors (Lipinski definition) is 3. The molecular formula is C23H27F3N4O2. The standard InChI is InChI=1S/C23H27F3N4O2/c1-15-12-17(16(2)30(15)20-11-7-6-10-19(20)23(24,25)26)14-27-29-22(32)13-21(31)28-18-8-4-3-5-9-18/h6-7,10-12,14,18H,3-5,8-9,13H2,1-2H3,(H,28,31)(H,29,32)/b27-14+. The molecule has 1 aliphatic carbocycles. The zero-order valence-electron chi connectivity index (χ0n) is 18.1. The Morgan fingerprint density at radius 1 is 1.12 bits per heavy atom. The summed E-state index contributed by atoms with van der Waals surface area (Å²) >= 11 is 0. The van der Waals surface area contributed by atoms with E-state index in [1.165, 1.54) is 29.3 Å². The molecule has 2 amide bonds. The van der Waals surface area contributed by atoms with Crippen LogP contribution < -0.4 is 10.7 Å². The van der Waals surface area contributed by atoms with Gasteiger partial charge in [-0.3, -0.25) is 9.59 Å². The van der Waals surface area contributed by atoms with Crippen molar-refractivity contribution in [3.63, 3.8) is 0 Å². The number of aryl methyl sites for hydroxylation is 1. The molecule has 2 aromatic rings. The van der Waals surface area contributed by atoms with E-state index in [0.29, 0.717) is 17.0 Å². The number of hydrogen-bond donors (Lipinski definition) is 2. The van der Waals surface area contributed by atoms with Crippen molar-refractivity contribution in [2.24, 2.45) is 5.10 Å². The Morgan fingerprint density at radius 3 is 2.50 bits per heavy atom. The van der Waals surface area contributed by atoms with E-state index < -0.39 is 17.6 Å². The molecule has 0 atom stereocenters. The van der Waals surface area contributed by atoms with Crippen molar-refractivity contribution < 1.29 is 22.8 Å². The summed E-state index contributed by atoms with van der Waals surface area (Å²) in [5.74, 6) is -0.891. The van der Waals surface area contributed by atoms with Gasteiger partial charge in [0.25, 0.3) is 0 Å². The topological polar surface area (TPSA) is 75.5 Å². The number of hydrazone groups is 1. The molecule has 0 aliphatic heterocycles. The minimum atomic E-state index is -4.49. The highest BCUT2D eigenvalue weighted by Crippen LogP contribution is 2.35. The fourth-order valence-electron chi connectivity index (χ4n) is 4.08. The van der Waals surface area contributed by atoms with Gasteiger partial charge in [-0.2, -0.15) is 18.3 Å². The lowest BCUT2D eigenvalue weighted by atomic mass is 9.95. The zero-order chi connectivity index (χ0) is 23.3. The van der Waals surface area contributed by atoms with Crippen molar-refractivity contribution in [1.29, 1.82) is 0 Å². The third-order valence-electron chi connectivity index (χ3n) is 5.60. The lowest BCUT2D eigenvalue weighted by Crippen LogP contribution is -2.38. The summed E-state index contributed by atoms with van der Waals surface area (Å²) in [5.41, 5.74) is 3.31. The first-order valence-corrected chi connectivity index (χ1v) is 10.6. The van der Waals surface area contributed by atoms with Gasteiger partial charge in [-0.15, -0.1) is 0 Å². The maximum absolute atomic E-state index is 13.4. The van der Waals surface area contributed by atoms with Gasteiger partial charge in [0.2, 0.25) is 11.8 Å². The van der Waals surface area contributed by atoms with Crippen LogP contribution in [0.1, 0.15) is 61.0 Å². The molecule has 0 bridgehead atoms. The summed E-state index contributed by atoms with van der Waals surface area (Å²) in [6, 6.07) is 7.17. The van der Waals surface area contributed by atoms with Crippen LogP contribution >= 0.6 is 0 Å². The van der Waals surface area contributed by atoms with Crippen LogP contribution in [0.5, 0.6) is 0 Å². The van der Waals surface area contributed by atoms with Gasteiger partial charge in [-0.05, 0) is 44.9 Å². The normalized spacial score (nSPS) is 15.2. The summed E-state index contributed by atoms with van der Waals surface area (Å²) in [4.78, 5) is 24.0. The van der Waals surface area contributed by atoms with Gasteiger partial charge in [-0.25, -0.2) is 5.43 Å². The van der Waals surface area contributed by atoms with E-state index in [1.807, 2.05) is 0 Å². The predicted molar refractivity (Wildman–Crippen MR) is 116 cm³/mol. The summed E-state index contributed by atoms with van der Waals surface area (Å²) in [7, 11) is 0.